The summed E-state index contributed by atoms with van der Waals surface area (Å²) in [4.78, 5) is 14.9. The highest BCUT2D eigenvalue weighted by Crippen LogP contribution is 2.17. The van der Waals surface area contributed by atoms with Crippen LogP contribution in [0.25, 0.3) is 0 Å². The second kappa shape index (κ2) is 8.28. The first-order chi connectivity index (χ1) is 12.2. The quantitative estimate of drug-likeness (QED) is 0.816. The van der Waals surface area contributed by atoms with E-state index in [4.69, 9.17) is 0 Å². The Balaban J connectivity index is 1.66. The predicted octanol–water partition coefficient (Wildman–Crippen LogP) is 3.06. The molecule has 0 unspecified atom stereocenters. The van der Waals surface area contributed by atoms with Gasteiger partial charge in [-0.15, -0.1) is 0 Å². The van der Waals surface area contributed by atoms with Gasteiger partial charge < -0.3 is 10.6 Å². The minimum atomic E-state index is -0.00709. The van der Waals surface area contributed by atoms with E-state index in [1.807, 2.05) is 18.2 Å². The molecule has 2 aromatic carbocycles. The Kier molecular flexibility index (Phi) is 5.84. The summed E-state index contributed by atoms with van der Waals surface area (Å²) in [6.07, 6.45) is 0. The summed E-state index contributed by atoms with van der Waals surface area (Å²) in [6.45, 7) is 9.64. The Labute approximate surface area is 150 Å². The van der Waals surface area contributed by atoms with Crippen molar-refractivity contribution >= 4 is 5.91 Å². The lowest BCUT2D eigenvalue weighted by Crippen LogP contribution is -2.26. The Bertz CT molecular complexity index is 738. The van der Waals surface area contributed by atoms with Gasteiger partial charge in [0, 0.05) is 31.7 Å². The van der Waals surface area contributed by atoms with Crippen molar-refractivity contribution in [2.24, 2.45) is 0 Å². The Hall–Kier alpha value is -2.17. The zero-order valence-corrected chi connectivity index (χ0v) is 15.1. The summed E-state index contributed by atoms with van der Waals surface area (Å²) in [5.74, 6) is -0.00709. The number of carbonyl (C=O) groups excluding carboxylic acids is 1. The Morgan fingerprint density at radius 1 is 1.04 bits per heavy atom. The Morgan fingerprint density at radius 3 is 2.52 bits per heavy atom. The van der Waals surface area contributed by atoms with E-state index in [2.05, 4.69) is 53.6 Å². The normalized spacial score (nSPS) is 13.1. The van der Waals surface area contributed by atoms with E-state index >= 15 is 0 Å². The zero-order valence-electron chi connectivity index (χ0n) is 15.1. The third-order valence-electron chi connectivity index (χ3n) is 4.95. The molecule has 0 saturated carbocycles. The number of nitrogens with zero attached hydrogens (tertiary/aromatic N) is 1. The van der Waals surface area contributed by atoms with Crippen molar-refractivity contribution < 1.29 is 4.79 Å². The molecule has 0 radical (unpaired) electrons. The molecule has 3 rings (SSSR count). The summed E-state index contributed by atoms with van der Waals surface area (Å²) in [7, 11) is 0. The summed E-state index contributed by atoms with van der Waals surface area (Å²) in [6, 6.07) is 14.3. The van der Waals surface area contributed by atoms with Crippen LogP contribution in [0, 0.1) is 0 Å². The van der Waals surface area contributed by atoms with Gasteiger partial charge in [-0.2, -0.15) is 0 Å². The van der Waals surface area contributed by atoms with Gasteiger partial charge in [-0.25, -0.2) is 0 Å². The second-order valence-electron chi connectivity index (χ2n) is 6.50. The Morgan fingerprint density at radius 2 is 1.76 bits per heavy atom. The van der Waals surface area contributed by atoms with Gasteiger partial charge in [-0.05, 0) is 47.5 Å². The van der Waals surface area contributed by atoms with Gasteiger partial charge in [0.25, 0.3) is 5.91 Å². The number of carbonyl (C=O) groups is 1. The maximum atomic E-state index is 12.5. The fourth-order valence-corrected chi connectivity index (χ4v) is 3.29. The number of benzene rings is 2. The van der Waals surface area contributed by atoms with E-state index in [0.717, 1.165) is 38.3 Å². The summed E-state index contributed by atoms with van der Waals surface area (Å²) in [5, 5.41) is 6.39. The van der Waals surface area contributed by atoms with Crippen LogP contribution in [0.1, 0.15) is 46.5 Å². The van der Waals surface area contributed by atoms with Gasteiger partial charge in [0.05, 0.1) is 0 Å². The molecule has 132 valence electrons. The van der Waals surface area contributed by atoms with E-state index in [0.29, 0.717) is 6.54 Å². The zero-order chi connectivity index (χ0) is 17.6. The van der Waals surface area contributed by atoms with Crippen molar-refractivity contribution in [1.82, 2.24) is 15.5 Å². The molecule has 1 heterocycles. The van der Waals surface area contributed by atoms with Crippen molar-refractivity contribution in [1.29, 1.82) is 0 Å². The van der Waals surface area contributed by atoms with Gasteiger partial charge in [0.1, 0.15) is 0 Å². The molecule has 0 atom stereocenters. The molecule has 2 aromatic rings. The molecule has 0 aliphatic carbocycles. The van der Waals surface area contributed by atoms with Crippen molar-refractivity contribution in [2.45, 2.75) is 40.0 Å². The first-order valence-corrected chi connectivity index (χ1v) is 9.11. The number of nitrogens with one attached hydrogen (secondary N) is 2. The lowest BCUT2D eigenvalue weighted by Gasteiger charge is -2.20. The molecule has 4 heteroatoms. The number of fused-ring (bicyclic) bond motifs is 1. The van der Waals surface area contributed by atoms with Crippen molar-refractivity contribution in [3.63, 3.8) is 0 Å². The van der Waals surface area contributed by atoms with Crippen LogP contribution in [0.15, 0.2) is 42.5 Å². The topological polar surface area (TPSA) is 44.4 Å². The molecule has 1 amide bonds. The van der Waals surface area contributed by atoms with Gasteiger partial charge in [0.15, 0.2) is 0 Å². The fourth-order valence-electron chi connectivity index (χ4n) is 3.29. The molecule has 25 heavy (non-hydrogen) atoms. The van der Waals surface area contributed by atoms with Crippen LogP contribution in [0.2, 0.25) is 0 Å². The average molecular weight is 337 g/mol. The molecule has 2 N–H and O–H groups in total. The SMILES string of the molecule is CCN(CC)Cc1ccccc1CNC(=O)c1ccc2c(c1)CNC2. The fraction of sp³-hybridized carbons (Fsp3) is 0.381. The van der Waals surface area contributed by atoms with E-state index in [9.17, 15) is 4.79 Å². The average Bonchev–Trinajstić information content (AvgIpc) is 3.12. The maximum absolute atomic E-state index is 12.5. The van der Waals surface area contributed by atoms with E-state index < -0.39 is 0 Å². The minimum Gasteiger partial charge on any atom is -0.348 e. The van der Waals surface area contributed by atoms with E-state index in [-0.39, 0.29) is 5.91 Å². The minimum absolute atomic E-state index is 0.00709. The van der Waals surface area contributed by atoms with Crippen LogP contribution in [-0.2, 0) is 26.2 Å². The van der Waals surface area contributed by atoms with Crippen LogP contribution in [-0.4, -0.2) is 23.9 Å². The number of hydrogen-bond acceptors (Lipinski definition) is 3. The maximum Gasteiger partial charge on any atom is 0.251 e. The van der Waals surface area contributed by atoms with Gasteiger partial charge >= 0.3 is 0 Å². The summed E-state index contributed by atoms with van der Waals surface area (Å²) in [5.41, 5.74) is 5.73. The summed E-state index contributed by atoms with van der Waals surface area (Å²) < 4.78 is 0. The van der Waals surface area contributed by atoms with E-state index in [1.165, 1.54) is 22.3 Å². The van der Waals surface area contributed by atoms with Crippen LogP contribution in [0.3, 0.4) is 0 Å². The van der Waals surface area contributed by atoms with Crippen molar-refractivity contribution in [3.05, 3.63) is 70.3 Å². The molecule has 1 aliphatic rings. The molecule has 0 fully saturated rings. The second-order valence-corrected chi connectivity index (χ2v) is 6.50. The van der Waals surface area contributed by atoms with Gasteiger partial charge in [0.2, 0.25) is 0 Å². The number of amides is 1. The molecule has 0 spiro atoms. The molecular formula is C21H27N3O. The van der Waals surface area contributed by atoms with Gasteiger partial charge in [-0.3, -0.25) is 9.69 Å². The smallest absolute Gasteiger partial charge is 0.251 e. The highest BCUT2D eigenvalue weighted by Gasteiger charge is 2.14. The van der Waals surface area contributed by atoms with Crippen molar-refractivity contribution in [3.8, 4) is 0 Å². The lowest BCUT2D eigenvalue weighted by atomic mass is 10.0. The highest BCUT2D eigenvalue weighted by atomic mass is 16.1. The molecule has 4 nitrogen and oxygen atoms in total. The first-order valence-electron chi connectivity index (χ1n) is 9.11. The van der Waals surface area contributed by atoms with Crippen LogP contribution in [0.4, 0.5) is 0 Å². The largest absolute Gasteiger partial charge is 0.348 e. The van der Waals surface area contributed by atoms with Crippen LogP contribution < -0.4 is 10.6 Å². The molecule has 0 aromatic heterocycles. The monoisotopic (exact) mass is 337 g/mol. The first kappa shape index (κ1) is 17.6. The van der Waals surface area contributed by atoms with Crippen LogP contribution in [0.5, 0.6) is 0 Å². The van der Waals surface area contributed by atoms with Gasteiger partial charge in [-0.1, -0.05) is 44.2 Å². The van der Waals surface area contributed by atoms with Crippen molar-refractivity contribution in [2.75, 3.05) is 13.1 Å². The highest BCUT2D eigenvalue weighted by molar-refractivity contribution is 5.94. The number of rotatable bonds is 7. The molecular weight excluding hydrogens is 310 g/mol. The third kappa shape index (κ3) is 4.27. The lowest BCUT2D eigenvalue weighted by molar-refractivity contribution is 0.0950. The van der Waals surface area contributed by atoms with Crippen LogP contribution >= 0.6 is 0 Å². The molecule has 1 aliphatic heterocycles. The molecule has 0 bridgehead atoms. The standard InChI is InChI=1S/C21H27N3O/c1-3-24(4-2)15-19-8-6-5-7-17(19)14-23-21(25)16-9-10-18-12-22-13-20(18)11-16/h5-11,22H,3-4,12-15H2,1-2H3,(H,23,25). The third-order valence-corrected chi connectivity index (χ3v) is 4.95. The number of hydrogen-bond donors (Lipinski definition) is 2. The molecule has 0 saturated heterocycles. The predicted molar refractivity (Wildman–Crippen MR) is 101 cm³/mol. The summed E-state index contributed by atoms with van der Waals surface area (Å²) >= 11 is 0. The van der Waals surface area contributed by atoms with E-state index in [1.54, 1.807) is 0 Å².